The molecule has 1 heterocycles. The molecule has 2 aromatic rings. The molecule has 0 radical (unpaired) electrons. The number of hydrogen-bond acceptors (Lipinski definition) is 3. The summed E-state index contributed by atoms with van der Waals surface area (Å²) >= 11 is 0. The van der Waals surface area contributed by atoms with Crippen molar-refractivity contribution in [1.29, 1.82) is 0 Å². The molecule has 0 N–H and O–H groups in total. The lowest BCUT2D eigenvalue weighted by Crippen LogP contribution is -2.46. The van der Waals surface area contributed by atoms with Crippen LogP contribution < -0.4 is 4.90 Å². The van der Waals surface area contributed by atoms with Crippen LogP contribution in [0.15, 0.2) is 48.5 Å². The van der Waals surface area contributed by atoms with Crippen molar-refractivity contribution >= 4 is 23.4 Å². The van der Waals surface area contributed by atoms with Crippen molar-refractivity contribution < 1.29 is 23.2 Å². The van der Waals surface area contributed by atoms with Crippen molar-refractivity contribution in [2.75, 3.05) is 4.90 Å². The summed E-state index contributed by atoms with van der Waals surface area (Å²) in [5, 5.41) is 0. The molecule has 138 valence electrons. The maximum absolute atomic E-state index is 13.1. The van der Waals surface area contributed by atoms with Crippen LogP contribution in [0.25, 0.3) is 0 Å². The summed E-state index contributed by atoms with van der Waals surface area (Å²) in [6.07, 6.45) is 1.38. The summed E-state index contributed by atoms with van der Waals surface area (Å²) in [4.78, 5) is 40.8. The van der Waals surface area contributed by atoms with Crippen molar-refractivity contribution in [2.45, 2.75) is 31.3 Å². The third-order valence-corrected chi connectivity index (χ3v) is 4.81. The molecule has 1 aliphatic carbocycles. The molecule has 1 aliphatic heterocycles. The second kappa shape index (κ2) is 6.57. The lowest BCUT2D eigenvalue weighted by atomic mass is 10.1. The average molecular weight is 370 g/mol. The quantitative estimate of drug-likeness (QED) is 0.778. The number of halogens is 2. The van der Waals surface area contributed by atoms with Crippen molar-refractivity contribution in [2.24, 2.45) is 0 Å². The minimum absolute atomic E-state index is 0.113. The number of imide groups is 1. The SMILES string of the molecule is O=C1CC(N(C(=O)c2ccc(F)cc2)C2CC2)C(=O)N1c1ccc(F)cc1. The highest BCUT2D eigenvalue weighted by molar-refractivity contribution is 6.23. The highest BCUT2D eigenvalue weighted by atomic mass is 19.1. The second-order valence-electron chi connectivity index (χ2n) is 6.71. The average Bonchev–Trinajstić information content (AvgIpc) is 3.43. The van der Waals surface area contributed by atoms with Crippen LogP contribution in [0.1, 0.15) is 29.6 Å². The van der Waals surface area contributed by atoms with Crippen LogP contribution in [-0.2, 0) is 9.59 Å². The van der Waals surface area contributed by atoms with E-state index in [-0.39, 0.29) is 23.7 Å². The summed E-state index contributed by atoms with van der Waals surface area (Å²) in [7, 11) is 0. The van der Waals surface area contributed by atoms with Gasteiger partial charge in [0.1, 0.15) is 17.7 Å². The first-order valence-electron chi connectivity index (χ1n) is 8.66. The molecule has 1 saturated heterocycles. The maximum Gasteiger partial charge on any atom is 0.257 e. The van der Waals surface area contributed by atoms with Crippen LogP contribution in [0, 0.1) is 11.6 Å². The van der Waals surface area contributed by atoms with Crippen molar-refractivity contribution in [3.8, 4) is 0 Å². The third kappa shape index (κ3) is 3.20. The monoisotopic (exact) mass is 370 g/mol. The van der Waals surface area contributed by atoms with Crippen molar-refractivity contribution in [3.63, 3.8) is 0 Å². The summed E-state index contributed by atoms with van der Waals surface area (Å²) in [5.41, 5.74) is 0.544. The van der Waals surface area contributed by atoms with Crippen molar-refractivity contribution in [1.82, 2.24) is 4.90 Å². The molecule has 1 saturated carbocycles. The molecular formula is C20H16F2N2O3. The Bertz CT molecular complexity index is 908. The van der Waals surface area contributed by atoms with Crippen LogP contribution in [0.5, 0.6) is 0 Å². The Morgan fingerprint density at radius 2 is 1.48 bits per heavy atom. The Morgan fingerprint density at radius 1 is 0.926 bits per heavy atom. The second-order valence-corrected chi connectivity index (χ2v) is 6.71. The number of carbonyl (C=O) groups excluding carboxylic acids is 3. The number of carbonyl (C=O) groups is 3. The van der Waals surface area contributed by atoms with Gasteiger partial charge in [0, 0.05) is 11.6 Å². The molecule has 3 amide bonds. The predicted molar refractivity (Wildman–Crippen MR) is 92.9 cm³/mol. The molecule has 1 unspecified atom stereocenters. The van der Waals surface area contributed by atoms with Crippen LogP contribution in [-0.4, -0.2) is 34.7 Å². The van der Waals surface area contributed by atoms with Gasteiger partial charge >= 0.3 is 0 Å². The molecule has 7 heteroatoms. The molecule has 2 aromatic carbocycles. The fraction of sp³-hybridized carbons (Fsp3) is 0.250. The van der Waals surface area contributed by atoms with Crippen molar-refractivity contribution in [3.05, 3.63) is 65.7 Å². The maximum atomic E-state index is 13.1. The third-order valence-electron chi connectivity index (χ3n) is 4.81. The van der Waals surface area contributed by atoms with E-state index in [4.69, 9.17) is 0 Å². The van der Waals surface area contributed by atoms with Gasteiger partial charge in [-0.3, -0.25) is 14.4 Å². The van der Waals surface area contributed by atoms with Crippen LogP contribution >= 0.6 is 0 Å². The topological polar surface area (TPSA) is 57.7 Å². The van der Waals surface area contributed by atoms with Gasteiger partial charge in [0.15, 0.2) is 0 Å². The van der Waals surface area contributed by atoms with Gasteiger partial charge in [0.05, 0.1) is 12.1 Å². The molecule has 1 atom stereocenters. The van der Waals surface area contributed by atoms with Crippen LogP contribution in [0.4, 0.5) is 14.5 Å². The molecule has 4 rings (SSSR count). The standard InChI is InChI=1S/C20H16F2N2O3/c21-13-3-1-12(2-4-13)19(26)23(15-9-10-15)17-11-18(25)24(20(17)27)16-7-5-14(22)6-8-16/h1-8,15,17H,9-11H2. The van der Waals surface area contributed by atoms with E-state index in [1.165, 1.54) is 53.4 Å². The molecule has 0 bridgehead atoms. The highest BCUT2D eigenvalue weighted by Gasteiger charge is 2.48. The Morgan fingerprint density at radius 3 is 2.04 bits per heavy atom. The summed E-state index contributed by atoms with van der Waals surface area (Å²) < 4.78 is 26.3. The lowest BCUT2D eigenvalue weighted by molar-refractivity contribution is -0.122. The molecule has 0 spiro atoms. The number of nitrogens with zero attached hydrogens (tertiary/aromatic N) is 2. The zero-order chi connectivity index (χ0) is 19.1. The number of rotatable bonds is 4. The van der Waals surface area contributed by atoms with E-state index < -0.39 is 35.4 Å². The van der Waals surface area contributed by atoms with E-state index in [2.05, 4.69) is 0 Å². The zero-order valence-corrected chi connectivity index (χ0v) is 14.3. The normalized spacial score (nSPS) is 19.5. The van der Waals surface area contributed by atoms with E-state index in [0.717, 1.165) is 17.7 Å². The lowest BCUT2D eigenvalue weighted by Gasteiger charge is -2.27. The van der Waals surface area contributed by atoms with E-state index in [1.54, 1.807) is 0 Å². The molecule has 27 heavy (non-hydrogen) atoms. The molecular weight excluding hydrogens is 354 g/mol. The van der Waals surface area contributed by atoms with Crippen LogP contribution in [0.3, 0.4) is 0 Å². The van der Waals surface area contributed by atoms with Gasteiger partial charge in [0.25, 0.3) is 11.8 Å². The Hall–Kier alpha value is -3.09. The smallest absolute Gasteiger partial charge is 0.257 e. The minimum atomic E-state index is -0.910. The number of anilines is 1. The fourth-order valence-electron chi connectivity index (χ4n) is 3.35. The molecule has 5 nitrogen and oxygen atoms in total. The molecule has 0 aromatic heterocycles. The first-order valence-corrected chi connectivity index (χ1v) is 8.66. The van der Waals surface area contributed by atoms with Gasteiger partial charge in [-0.05, 0) is 61.4 Å². The van der Waals surface area contributed by atoms with Gasteiger partial charge in [-0.2, -0.15) is 0 Å². The largest absolute Gasteiger partial charge is 0.323 e. The van der Waals surface area contributed by atoms with E-state index in [9.17, 15) is 23.2 Å². The number of amides is 3. The molecule has 2 aliphatic rings. The van der Waals surface area contributed by atoms with Gasteiger partial charge in [0.2, 0.25) is 5.91 Å². The number of benzene rings is 2. The summed E-state index contributed by atoms with van der Waals surface area (Å²) in [5.74, 6) is -2.27. The fourth-order valence-corrected chi connectivity index (χ4v) is 3.35. The minimum Gasteiger partial charge on any atom is -0.323 e. The Labute approximate surface area is 154 Å². The Kier molecular flexibility index (Phi) is 4.22. The van der Waals surface area contributed by atoms with Gasteiger partial charge in [-0.1, -0.05) is 0 Å². The first kappa shape index (κ1) is 17.3. The van der Waals surface area contributed by atoms with E-state index in [1.807, 2.05) is 0 Å². The van der Waals surface area contributed by atoms with E-state index >= 15 is 0 Å². The van der Waals surface area contributed by atoms with Gasteiger partial charge in [-0.15, -0.1) is 0 Å². The highest BCUT2D eigenvalue weighted by Crippen LogP contribution is 2.35. The summed E-state index contributed by atoms with van der Waals surface area (Å²) in [6, 6.07) is 9.14. The van der Waals surface area contributed by atoms with E-state index in [0.29, 0.717) is 0 Å². The number of hydrogen-bond donors (Lipinski definition) is 0. The zero-order valence-electron chi connectivity index (χ0n) is 14.3. The molecule has 2 fully saturated rings. The predicted octanol–water partition coefficient (Wildman–Crippen LogP) is 2.90. The van der Waals surface area contributed by atoms with Crippen LogP contribution in [0.2, 0.25) is 0 Å². The van der Waals surface area contributed by atoms with Gasteiger partial charge in [-0.25, -0.2) is 13.7 Å². The Balaban J connectivity index is 1.63. The first-order chi connectivity index (χ1) is 13.0. The van der Waals surface area contributed by atoms with Gasteiger partial charge < -0.3 is 4.90 Å². The summed E-state index contributed by atoms with van der Waals surface area (Å²) in [6.45, 7) is 0.